The van der Waals surface area contributed by atoms with Crippen molar-refractivity contribution in [3.63, 3.8) is 0 Å². The van der Waals surface area contributed by atoms with Gasteiger partial charge in [-0.3, -0.25) is 9.48 Å². The number of carbonyl (C=O) groups is 1. The van der Waals surface area contributed by atoms with E-state index in [1.165, 1.54) is 0 Å². The predicted octanol–water partition coefficient (Wildman–Crippen LogP) is 3.17. The SMILES string of the molecule is Cc1cc(C)n(Cc2ccc(C(=O)N3CCC(C(C)N)CC3)cc2)n1.Cl. The van der Waals surface area contributed by atoms with Gasteiger partial charge in [0, 0.05) is 30.4 Å². The first-order chi connectivity index (χ1) is 11.9. The van der Waals surface area contributed by atoms with Crippen LogP contribution >= 0.6 is 12.4 Å². The zero-order valence-corrected chi connectivity index (χ0v) is 16.6. The van der Waals surface area contributed by atoms with Crippen LogP contribution in [0.2, 0.25) is 0 Å². The molecule has 6 heteroatoms. The Balaban J connectivity index is 0.00000243. The zero-order chi connectivity index (χ0) is 18.0. The number of piperidine rings is 1. The summed E-state index contributed by atoms with van der Waals surface area (Å²) in [6.07, 6.45) is 2.00. The first-order valence-corrected chi connectivity index (χ1v) is 9.09. The minimum Gasteiger partial charge on any atom is -0.339 e. The molecule has 1 amide bonds. The third-order valence-electron chi connectivity index (χ3n) is 5.21. The maximum atomic E-state index is 12.7. The van der Waals surface area contributed by atoms with Gasteiger partial charge in [0.05, 0.1) is 12.2 Å². The van der Waals surface area contributed by atoms with Gasteiger partial charge in [-0.05, 0) is 63.3 Å². The lowest BCUT2D eigenvalue weighted by atomic mass is 9.90. The molecule has 2 heterocycles. The van der Waals surface area contributed by atoms with Crippen LogP contribution in [0, 0.1) is 19.8 Å². The predicted molar refractivity (Wildman–Crippen MR) is 107 cm³/mol. The molecule has 3 rings (SSSR count). The highest BCUT2D eigenvalue weighted by Crippen LogP contribution is 2.21. The largest absolute Gasteiger partial charge is 0.339 e. The summed E-state index contributed by atoms with van der Waals surface area (Å²) in [6, 6.07) is 10.2. The number of hydrogen-bond donors (Lipinski definition) is 1. The number of hydrogen-bond acceptors (Lipinski definition) is 3. The molecule has 1 aromatic heterocycles. The van der Waals surface area contributed by atoms with Crippen LogP contribution in [0.25, 0.3) is 0 Å². The maximum Gasteiger partial charge on any atom is 0.253 e. The molecular formula is C20H29ClN4O. The average Bonchev–Trinajstić information content (AvgIpc) is 2.92. The molecule has 1 unspecified atom stereocenters. The molecule has 26 heavy (non-hydrogen) atoms. The van der Waals surface area contributed by atoms with Crippen molar-refractivity contribution in [2.75, 3.05) is 13.1 Å². The van der Waals surface area contributed by atoms with Crippen LogP contribution in [0.5, 0.6) is 0 Å². The highest BCUT2D eigenvalue weighted by atomic mass is 35.5. The van der Waals surface area contributed by atoms with Crippen molar-refractivity contribution in [3.05, 3.63) is 52.8 Å². The summed E-state index contributed by atoms with van der Waals surface area (Å²) in [5.41, 5.74) is 10.1. The Morgan fingerprint density at radius 3 is 2.35 bits per heavy atom. The number of carbonyl (C=O) groups excluding carboxylic acids is 1. The van der Waals surface area contributed by atoms with Crippen LogP contribution in [0.3, 0.4) is 0 Å². The van der Waals surface area contributed by atoms with Crippen LogP contribution in [-0.2, 0) is 6.54 Å². The summed E-state index contributed by atoms with van der Waals surface area (Å²) >= 11 is 0. The van der Waals surface area contributed by atoms with Gasteiger partial charge < -0.3 is 10.6 Å². The first kappa shape index (κ1) is 20.5. The van der Waals surface area contributed by atoms with E-state index < -0.39 is 0 Å². The lowest BCUT2D eigenvalue weighted by Crippen LogP contribution is -2.42. The summed E-state index contributed by atoms with van der Waals surface area (Å²) in [5.74, 6) is 0.660. The Labute approximate surface area is 162 Å². The fourth-order valence-corrected chi connectivity index (χ4v) is 3.57. The summed E-state index contributed by atoms with van der Waals surface area (Å²) < 4.78 is 1.99. The molecule has 1 saturated heterocycles. The standard InChI is InChI=1S/C20H28N4O.ClH/c1-14-12-15(2)24(22-14)13-17-4-6-19(7-5-17)20(25)23-10-8-18(9-11-23)16(3)21;/h4-7,12,16,18H,8-11,13,21H2,1-3H3;1H. The molecule has 0 aliphatic carbocycles. The topological polar surface area (TPSA) is 64.2 Å². The van der Waals surface area contributed by atoms with Crippen molar-refractivity contribution >= 4 is 18.3 Å². The molecule has 0 saturated carbocycles. The lowest BCUT2D eigenvalue weighted by molar-refractivity contribution is 0.0681. The quantitative estimate of drug-likeness (QED) is 0.891. The van der Waals surface area contributed by atoms with E-state index >= 15 is 0 Å². The Hall–Kier alpha value is -1.85. The van der Waals surface area contributed by atoms with E-state index in [4.69, 9.17) is 5.73 Å². The molecule has 0 bridgehead atoms. The number of nitrogens with two attached hydrogens (primary N) is 1. The smallest absolute Gasteiger partial charge is 0.253 e. The van der Waals surface area contributed by atoms with E-state index in [1.807, 2.05) is 40.8 Å². The summed E-state index contributed by atoms with van der Waals surface area (Å²) in [6.45, 7) is 8.46. The third-order valence-corrected chi connectivity index (χ3v) is 5.21. The monoisotopic (exact) mass is 376 g/mol. The van der Waals surface area contributed by atoms with Gasteiger partial charge in [0.2, 0.25) is 0 Å². The van der Waals surface area contributed by atoms with E-state index in [1.54, 1.807) is 0 Å². The van der Waals surface area contributed by atoms with Gasteiger partial charge in [0.1, 0.15) is 0 Å². The van der Waals surface area contributed by atoms with Gasteiger partial charge in [0.25, 0.3) is 5.91 Å². The second-order valence-corrected chi connectivity index (χ2v) is 7.27. The van der Waals surface area contributed by atoms with Gasteiger partial charge in [-0.15, -0.1) is 12.4 Å². The Kier molecular flexibility index (Phi) is 6.84. The fourth-order valence-electron chi connectivity index (χ4n) is 3.57. The molecule has 2 N–H and O–H groups in total. The Morgan fingerprint density at radius 1 is 1.23 bits per heavy atom. The number of amides is 1. The number of nitrogens with zero attached hydrogens (tertiary/aromatic N) is 3. The van der Waals surface area contributed by atoms with Gasteiger partial charge in [-0.2, -0.15) is 5.10 Å². The minimum absolute atomic E-state index is 0. The van der Waals surface area contributed by atoms with Crippen LogP contribution < -0.4 is 5.73 Å². The normalized spacial score (nSPS) is 16.2. The van der Waals surface area contributed by atoms with E-state index in [9.17, 15) is 4.79 Å². The van der Waals surface area contributed by atoms with Crippen LogP contribution in [-0.4, -0.2) is 39.7 Å². The maximum absolute atomic E-state index is 12.7. The van der Waals surface area contributed by atoms with Crippen molar-refractivity contribution in [1.82, 2.24) is 14.7 Å². The van der Waals surface area contributed by atoms with E-state index in [2.05, 4.69) is 25.0 Å². The van der Waals surface area contributed by atoms with Crippen LogP contribution in [0.1, 0.15) is 47.1 Å². The molecule has 1 aromatic carbocycles. The van der Waals surface area contributed by atoms with Crippen LogP contribution in [0.15, 0.2) is 30.3 Å². The number of aromatic nitrogens is 2. The molecule has 2 aromatic rings. The van der Waals surface area contributed by atoms with Crippen molar-refractivity contribution in [2.24, 2.45) is 11.7 Å². The minimum atomic E-state index is 0. The summed E-state index contributed by atoms with van der Waals surface area (Å²) in [7, 11) is 0. The van der Waals surface area contributed by atoms with E-state index in [0.717, 1.165) is 55.0 Å². The second kappa shape index (κ2) is 8.69. The molecule has 0 spiro atoms. The van der Waals surface area contributed by atoms with Crippen LogP contribution in [0.4, 0.5) is 0 Å². The second-order valence-electron chi connectivity index (χ2n) is 7.27. The van der Waals surface area contributed by atoms with Crippen molar-refractivity contribution < 1.29 is 4.79 Å². The van der Waals surface area contributed by atoms with Crippen molar-refractivity contribution in [3.8, 4) is 0 Å². The summed E-state index contributed by atoms with van der Waals surface area (Å²) in [4.78, 5) is 14.6. The Bertz CT molecular complexity index is 731. The molecular weight excluding hydrogens is 348 g/mol. The number of benzene rings is 1. The fraction of sp³-hybridized carbons (Fsp3) is 0.500. The molecule has 1 aliphatic heterocycles. The third kappa shape index (κ3) is 4.65. The molecule has 1 aliphatic rings. The first-order valence-electron chi connectivity index (χ1n) is 9.09. The van der Waals surface area contributed by atoms with Gasteiger partial charge in [-0.1, -0.05) is 12.1 Å². The van der Waals surface area contributed by atoms with Crippen molar-refractivity contribution in [2.45, 2.75) is 46.2 Å². The van der Waals surface area contributed by atoms with Gasteiger partial charge in [-0.25, -0.2) is 0 Å². The highest BCUT2D eigenvalue weighted by molar-refractivity contribution is 5.94. The van der Waals surface area contributed by atoms with Crippen molar-refractivity contribution in [1.29, 1.82) is 0 Å². The molecule has 1 atom stereocenters. The lowest BCUT2D eigenvalue weighted by Gasteiger charge is -2.33. The highest BCUT2D eigenvalue weighted by Gasteiger charge is 2.25. The number of aryl methyl sites for hydroxylation is 2. The van der Waals surface area contributed by atoms with Gasteiger partial charge in [0.15, 0.2) is 0 Å². The number of rotatable bonds is 4. The molecule has 0 radical (unpaired) electrons. The number of likely N-dealkylation sites (tertiary alicyclic amines) is 1. The zero-order valence-electron chi connectivity index (χ0n) is 15.8. The van der Waals surface area contributed by atoms with E-state index in [-0.39, 0.29) is 24.4 Å². The average molecular weight is 377 g/mol. The molecule has 1 fully saturated rings. The molecule has 5 nitrogen and oxygen atoms in total. The molecule has 142 valence electrons. The van der Waals surface area contributed by atoms with Gasteiger partial charge >= 0.3 is 0 Å². The number of halogens is 1. The summed E-state index contributed by atoms with van der Waals surface area (Å²) in [5, 5.41) is 4.49. The van der Waals surface area contributed by atoms with E-state index in [0.29, 0.717) is 5.92 Å². The Morgan fingerprint density at radius 2 is 1.85 bits per heavy atom.